The number of furan rings is 1. The van der Waals surface area contributed by atoms with Gasteiger partial charge in [0.05, 0.1) is 19.9 Å². The molecule has 10 heteroatoms. The van der Waals surface area contributed by atoms with Crippen molar-refractivity contribution in [3.8, 4) is 5.75 Å². The first-order valence-electron chi connectivity index (χ1n) is 11.8. The highest BCUT2D eigenvalue weighted by Gasteiger charge is 2.78. The molecule has 7 nitrogen and oxygen atoms in total. The minimum absolute atomic E-state index is 0.143. The number of likely N-dealkylation sites (tertiary alicyclic amines) is 1. The number of rotatable bonds is 4. The predicted octanol–water partition coefficient (Wildman–Crippen LogP) is 4.13. The number of halogens is 1. The minimum atomic E-state index is -1.48. The first kappa shape index (κ1) is 24.1. The van der Waals surface area contributed by atoms with E-state index in [-0.39, 0.29) is 18.4 Å². The van der Waals surface area contributed by atoms with E-state index in [0.717, 1.165) is 5.56 Å². The molecule has 0 bridgehead atoms. The number of thiocarbonyl (C=S) groups is 1. The topological polar surface area (TPSA) is 66.2 Å². The molecule has 2 amide bonds. The van der Waals surface area contributed by atoms with Gasteiger partial charge < -0.3 is 14.1 Å². The maximum absolute atomic E-state index is 14.8. The molecule has 3 atom stereocenters. The number of likely N-dealkylation sites (N-methyl/N-ethyl adjacent to an activating group) is 2. The Morgan fingerprint density at radius 1 is 1.14 bits per heavy atom. The number of carbonyl (C=O) groups excluding carboxylic acids is 2. The lowest BCUT2D eigenvalue weighted by Gasteiger charge is -2.42. The molecule has 0 saturated carbocycles. The van der Waals surface area contributed by atoms with Crippen LogP contribution in [0.5, 0.6) is 5.75 Å². The lowest BCUT2D eigenvalue weighted by atomic mass is 9.72. The molecule has 0 radical (unpaired) electrons. The van der Waals surface area contributed by atoms with E-state index < -0.39 is 22.0 Å². The van der Waals surface area contributed by atoms with Gasteiger partial charge in [0.2, 0.25) is 5.91 Å². The molecule has 2 spiro atoms. The fraction of sp³-hybridized carbons (Fsp3) is 0.296. The number of benzene rings is 2. The van der Waals surface area contributed by atoms with Crippen molar-refractivity contribution in [2.45, 2.75) is 22.7 Å². The zero-order chi connectivity index (χ0) is 26.1. The van der Waals surface area contributed by atoms with Gasteiger partial charge in [-0.15, -0.1) is 0 Å². The Labute approximate surface area is 223 Å². The number of methoxy groups -OCH3 is 1. The van der Waals surface area contributed by atoms with E-state index in [4.69, 9.17) is 21.4 Å². The summed E-state index contributed by atoms with van der Waals surface area (Å²) < 4.78 is 24.7. The number of nitrogens with zero attached hydrogens (tertiary/aromatic N) is 3. The third kappa shape index (κ3) is 3.06. The highest BCUT2D eigenvalue weighted by atomic mass is 32.2. The van der Waals surface area contributed by atoms with Crippen molar-refractivity contribution < 1.29 is 23.1 Å². The van der Waals surface area contributed by atoms with E-state index in [2.05, 4.69) is 0 Å². The second kappa shape index (κ2) is 8.41. The van der Waals surface area contributed by atoms with Gasteiger partial charge in [-0.25, -0.2) is 4.39 Å². The average Bonchev–Trinajstić information content (AvgIpc) is 3.61. The van der Waals surface area contributed by atoms with E-state index in [9.17, 15) is 14.0 Å². The molecule has 6 rings (SSSR count). The van der Waals surface area contributed by atoms with Gasteiger partial charge in [-0.3, -0.25) is 19.4 Å². The van der Waals surface area contributed by atoms with Crippen molar-refractivity contribution in [1.82, 2.24) is 9.80 Å². The van der Waals surface area contributed by atoms with Gasteiger partial charge >= 0.3 is 0 Å². The van der Waals surface area contributed by atoms with Crippen LogP contribution in [0.15, 0.2) is 65.3 Å². The summed E-state index contributed by atoms with van der Waals surface area (Å²) in [7, 11) is 5.07. The molecule has 4 heterocycles. The molecule has 1 unspecified atom stereocenters. The summed E-state index contributed by atoms with van der Waals surface area (Å²) in [6, 6.07) is 15.4. The number of hydrogen-bond donors (Lipinski definition) is 0. The summed E-state index contributed by atoms with van der Waals surface area (Å²) in [6.45, 7) is 0.517. The highest BCUT2D eigenvalue weighted by molar-refractivity contribution is 8.25. The molecule has 1 aromatic heterocycles. The summed E-state index contributed by atoms with van der Waals surface area (Å²) in [5, 5.41) is 0. The molecule has 2 saturated heterocycles. The third-order valence-corrected chi connectivity index (χ3v) is 9.74. The molecule has 2 aromatic carbocycles. The zero-order valence-electron chi connectivity index (χ0n) is 20.4. The first-order valence-corrected chi connectivity index (χ1v) is 13.0. The van der Waals surface area contributed by atoms with E-state index in [1.807, 2.05) is 36.2 Å². The molecule has 3 aliphatic heterocycles. The summed E-state index contributed by atoms with van der Waals surface area (Å²) in [6.07, 6.45) is 1.54. The second-order valence-corrected chi connectivity index (χ2v) is 11.4. The maximum Gasteiger partial charge on any atom is 0.254 e. The molecule has 190 valence electrons. The van der Waals surface area contributed by atoms with Gasteiger partial charge in [-0.05, 0) is 55.1 Å². The Bertz CT molecular complexity index is 1450. The predicted molar refractivity (Wildman–Crippen MR) is 142 cm³/mol. The molecule has 2 fully saturated rings. The van der Waals surface area contributed by atoms with E-state index in [0.29, 0.717) is 33.6 Å². The lowest BCUT2D eigenvalue weighted by molar-refractivity contribution is -0.139. The molecular weight excluding hydrogens is 513 g/mol. The number of amides is 2. The largest absolute Gasteiger partial charge is 0.497 e. The van der Waals surface area contributed by atoms with Crippen LogP contribution >= 0.6 is 24.0 Å². The zero-order valence-corrected chi connectivity index (χ0v) is 22.1. The van der Waals surface area contributed by atoms with Crippen LogP contribution in [-0.4, -0.2) is 58.4 Å². The fourth-order valence-electron chi connectivity index (χ4n) is 6.22. The Morgan fingerprint density at radius 2 is 1.95 bits per heavy atom. The highest BCUT2D eigenvalue weighted by Crippen LogP contribution is 2.66. The Kier molecular flexibility index (Phi) is 5.48. The summed E-state index contributed by atoms with van der Waals surface area (Å²) in [5.41, 5.74) is 0.410. The number of hydrogen-bond acceptors (Lipinski definition) is 7. The van der Waals surface area contributed by atoms with E-state index in [1.165, 1.54) is 33.7 Å². The van der Waals surface area contributed by atoms with Gasteiger partial charge in [-0.1, -0.05) is 36.1 Å². The number of ether oxygens (including phenoxy) is 1. The lowest BCUT2D eigenvalue weighted by Crippen LogP contribution is -2.62. The van der Waals surface area contributed by atoms with Crippen molar-refractivity contribution in [1.29, 1.82) is 0 Å². The van der Waals surface area contributed by atoms with Gasteiger partial charge in [0.15, 0.2) is 5.54 Å². The van der Waals surface area contributed by atoms with Gasteiger partial charge in [0, 0.05) is 30.8 Å². The Balaban J connectivity index is 1.62. The van der Waals surface area contributed by atoms with Crippen molar-refractivity contribution in [3.63, 3.8) is 0 Å². The van der Waals surface area contributed by atoms with Crippen molar-refractivity contribution in [3.05, 3.63) is 83.6 Å². The standard InChI is InChI=1S/C27H24FN3O4S2/c1-29-15-21(16-6-4-7-18(12-16)34-3)27(24(33)31(25(36)37-27)14-19-8-5-11-35-19)26(29)20-13-17(28)9-10-22(20)30(2)23(26)32/h4-13,21H,14-15H2,1-3H3/t21?,26-,27+/m1/s1. The van der Waals surface area contributed by atoms with Crippen LogP contribution in [0.2, 0.25) is 0 Å². The first-order chi connectivity index (χ1) is 17.8. The van der Waals surface area contributed by atoms with Crippen LogP contribution in [-0.2, 0) is 21.7 Å². The van der Waals surface area contributed by atoms with Crippen molar-refractivity contribution in [2.75, 3.05) is 32.6 Å². The van der Waals surface area contributed by atoms with Crippen molar-refractivity contribution >= 4 is 45.8 Å². The second-order valence-electron chi connectivity index (χ2n) is 9.52. The summed E-state index contributed by atoms with van der Waals surface area (Å²) in [5.74, 6) is -0.285. The summed E-state index contributed by atoms with van der Waals surface area (Å²) >= 11 is 7.00. The number of fused-ring (bicyclic) bond motifs is 3. The molecule has 3 aromatic rings. The molecular formula is C27H24FN3O4S2. The van der Waals surface area contributed by atoms with Gasteiger partial charge in [0.1, 0.15) is 26.4 Å². The van der Waals surface area contributed by atoms with E-state index >= 15 is 0 Å². The van der Waals surface area contributed by atoms with Crippen LogP contribution in [0.25, 0.3) is 0 Å². The minimum Gasteiger partial charge on any atom is -0.497 e. The van der Waals surface area contributed by atoms with Crippen LogP contribution in [0, 0.1) is 5.82 Å². The SMILES string of the molecule is COc1cccc(C2CN(C)[C@]3(C(=O)N(C)c4ccc(F)cc43)[C@]23SC(=S)N(Cc2ccco2)C3=O)c1. The number of thioether (sulfide) groups is 1. The van der Waals surface area contributed by atoms with Gasteiger partial charge in [-0.2, -0.15) is 0 Å². The van der Waals surface area contributed by atoms with E-state index in [1.54, 1.807) is 38.6 Å². The molecule has 0 N–H and O–H groups in total. The quantitative estimate of drug-likeness (QED) is 0.464. The van der Waals surface area contributed by atoms with Crippen LogP contribution in [0.3, 0.4) is 0 Å². The number of anilines is 1. The average molecular weight is 538 g/mol. The molecule has 37 heavy (non-hydrogen) atoms. The Morgan fingerprint density at radius 3 is 2.68 bits per heavy atom. The fourth-order valence-corrected chi connectivity index (χ4v) is 8.35. The maximum atomic E-state index is 14.8. The van der Waals surface area contributed by atoms with Crippen LogP contribution < -0.4 is 9.64 Å². The third-order valence-electron chi connectivity index (χ3n) is 7.80. The van der Waals surface area contributed by atoms with Gasteiger partial charge in [0.25, 0.3) is 5.91 Å². The summed E-state index contributed by atoms with van der Waals surface area (Å²) in [4.78, 5) is 34.0. The molecule has 3 aliphatic rings. The normalized spacial score (nSPS) is 27.2. The van der Waals surface area contributed by atoms with Crippen molar-refractivity contribution in [2.24, 2.45) is 0 Å². The smallest absolute Gasteiger partial charge is 0.254 e. The Hall–Kier alpha value is -3.21. The monoisotopic (exact) mass is 537 g/mol. The molecule has 0 aliphatic carbocycles. The van der Waals surface area contributed by atoms with Crippen LogP contribution in [0.4, 0.5) is 10.1 Å². The number of carbonyl (C=O) groups is 2. The van der Waals surface area contributed by atoms with Crippen LogP contribution in [0.1, 0.15) is 22.8 Å².